The first kappa shape index (κ1) is 26.6. The van der Waals surface area contributed by atoms with E-state index in [0.717, 1.165) is 32.9 Å². The molecule has 7 heteroatoms. The monoisotopic (exact) mass is 533 g/mol. The van der Waals surface area contributed by atoms with Crippen LogP contribution in [0.5, 0.6) is 11.5 Å². The maximum Gasteiger partial charge on any atom is 0.338 e. The third kappa shape index (κ3) is 5.01. The minimum atomic E-state index is -0.758. The number of anilines is 1. The summed E-state index contributed by atoms with van der Waals surface area (Å²) < 4.78 is 11.2. The predicted molar refractivity (Wildman–Crippen MR) is 151 cm³/mol. The molecule has 0 radical (unpaired) electrons. The van der Waals surface area contributed by atoms with Gasteiger partial charge in [-0.1, -0.05) is 30.3 Å². The van der Waals surface area contributed by atoms with Crippen LogP contribution in [0.3, 0.4) is 0 Å². The van der Waals surface area contributed by atoms with Crippen molar-refractivity contribution in [3.05, 3.63) is 123 Å². The van der Waals surface area contributed by atoms with Gasteiger partial charge in [-0.15, -0.1) is 0 Å². The number of hydrogen-bond acceptors (Lipinski definition) is 6. The first-order valence-electron chi connectivity index (χ1n) is 12.8. The van der Waals surface area contributed by atoms with Gasteiger partial charge in [-0.3, -0.25) is 14.4 Å². The number of amides is 2. The molecule has 0 saturated carbocycles. The molecule has 0 unspecified atom stereocenters. The molecule has 4 aromatic rings. The number of rotatable bonds is 7. The van der Waals surface area contributed by atoms with Gasteiger partial charge in [0, 0.05) is 5.56 Å². The van der Waals surface area contributed by atoms with Gasteiger partial charge in [-0.25, -0.2) is 9.69 Å². The maximum atomic E-state index is 13.2. The highest BCUT2D eigenvalue weighted by Gasteiger charge is 2.37. The van der Waals surface area contributed by atoms with Crippen molar-refractivity contribution in [2.24, 2.45) is 0 Å². The van der Waals surface area contributed by atoms with Gasteiger partial charge in [0.05, 0.1) is 22.4 Å². The second kappa shape index (κ2) is 10.6. The van der Waals surface area contributed by atoms with Gasteiger partial charge in [0.2, 0.25) is 0 Å². The molecule has 0 N–H and O–H groups in total. The van der Waals surface area contributed by atoms with E-state index in [2.05, 4.69) is 0 Å². The van der Waals surface area contributed by atoms with E-state index >= 15 is 0 Å². The molecule has 4 aromatic carbocycles. The Bertz CT molecular complexity index is 1670. The number of imide groups is 1. The summed E-state index contributed by atoms with van der Waals surface area (Å²) in [4.78, 5) is 52.5. The molecule has 40 heavy (non-hydrogen) atoms. The fourth-order valence-electron chi connectivity index (χ4n) is 4.56. The normalized spacial score (nSPS) is 12.3. The van der Waals surface area contributed by atoms with Gasteiger partial charge in [-0.05, 0) is 98.5 Å². The van der Waals surface area contributed by atoms with Crippen LogP contribution in [0.4, 0.5) is 5.69 Å². The van der Waals surface area contributed by atoms with E-state index in [0.29, 0.717) is 17.0 Å². The number of esters is 1. The molecule has 200 valence electrons. The summed E-state index contributed by atoms with van der Waals surface area (Å²) in [5, 5.41) is 0. The predicted octanol–water partition coefficient (Wildman–Crippen LogP) is 6.55. The number of Topliss-reactive ketones (excluding diaryl/α,β-unsaturated/α-hetero) is 1. The zero-order valence-electron chi connectivity index (χ0n) is 22.6. The number of carbonyl (C=O) groups excluding carboxylic acids is 4. The summed E-state index contributed by atoms with van der Waals surface area (Å²) in [6.07, 6.45) is 0. The Morgan fingerprint density at radius 2 is 1.32 bits per heavy atom. The fourth-order valence-corrected chi connectivity index (χ4v) is 4.56. The fraction of sp³-hybridized carbons (Fsp3) is 0.152. The molecule has 1 aliphatic rings. The Morgan fingerprint density at radius 3 is 2.00 bits per heavy atom. The number of aryl methyl sites for hydroxylation is 4. The first-order chi connectivity index (χ1) is 19.1. The van der Waals surface area contributed by atoms with Crippen LogP contribution in [-0.4, -0.2) is 30.2 Å². The molecule has 5 rings (SSSR count). The summed E-state index contributed by atoms with van der Waals surface area (Å²) in [5.41, 5.74) is 5.19. The molecule has 1 heterocycles. The van der Waals surface area contributed by atoms with Crippen molar-refractivity contribution in [2.75, 3.05) is 11.5 Å². The molecule has 0 fully saturated rings. The van der Waals surface area contributed by atoms with E-state index in [4.69, 9.17) is 9.47 Å². The summed E-state index contributed by atoms with van der Waals surface area (Å²) in [7, 11) is 0. The third-order valence-corrected chi connectivity index (χ3v) is 7.01. The van der Waals surface area contributed by atoms with Crippen molar-refractivity contribution < 1.29 is 28.7 Å². The highest BCUT2D eigenvalue weighted by Crippen LogP contribution is 2.33. The van der Waals surface area contributed by atoms with Crippen LogP contribution in [-0.2, 0) is 4.74 Å². The number of ketones is 1. The smallest absolute Gasteiger partial charge is 0.338 e. The van der Waals surface area contributed by atoms with Crippen molar-refractivity contribution in [3.8, 4) is 11.5 Å². The van der Waals surface area contributed by atoms with Crippen LogP contribution >= 0.6 is 0 Å². The van der Waals surface area contributed by atoms with Crippen LogP contribution in [0.15, 0.2) is 78.9 Å². The van der Waals surface area contributed by atoms with E-state index in [1.807, 2.05) is 52.0 Å². The molecule has 0 aromatic heterocycles. The number of nitrogens with zero attached hydrogens (tertiary/aromatic N) is 1. The highest BCUT2D eigenvalue weighted by molar-refractivity contribution is 6.34. The lowest BCUT2D eigenvalue weighted by molar-refractivity contribution is 0.0474. The quantitative estimate of drug-likeness (QED) is 0.152. The Labute approximate surface area is 232 Å². The van der Waals surface area contributed by atoms with Gasteiger partial charge in [-0.2, -0.15) is 0 Å². The number of fused-ring (bicyclic) bond motifs is 1. The summed E-state index contributed by atoms with van der Waals surface area (Å²) >= 11 is 0. The minimum absolute atomic E-state index is 0.0759. The second-order valence-corrected chi connectivity index (χ2v) is 9.82. The molecule has 2 amide bonds. The minimum Gasteiger partial charge on any atom is -0.457 e. The third-order valence-electron chi connectivity index (χ3n) is 7.01. The Balaban J connectivity index is 1.29. The number of ether oxygens (including phenoxy) is 2. The van der Waals surface area contributed by atoms with E-state index in [9.17, 15) is 19.2 Å². The van der Waals surface area contributed by atoms with E-state index in [-0.39, 0.29) is 22.5 Å². The van der Waals surface area contributed by atoms with E-state index in [1.54, 1.807) is 36.4 Å². The maximum absolute atomic E-state index is 13.2. The molecule has 7 nitrogen and oxygen atoms in total. The summed E-state index contributed by atoms with van der Waals surface area (Å²) in [6.45, 7) is 7.33. The molecule has 1 aliphatic heterocycles. The molecule has 0 bridgehead atoms. The number of para-hydroxylation sites is 1. The average Bonchev–Trinajstić information content (AvgIpc) is 3.20. The van der Waals surface area contributed by atoms with Crippen molar-refractivity contribution in [2.45, 2.75) is 27.7 Å². The average molecular weight is 534 g/mol. The standard InChI is InChI=1S/C33H27NO6/c1-19-8-9-23(16-22(19)4)29(35)18-39-33(38)24-10-15-27-28(17-24)32(37)34(31(27)36)25-11-13-26(14-12-25)40-30-20(2)6-5-7-21(30)3/h5-17H,18H2,1-4H3. The van der Waals surface area contributed by atoms with Crippen molar-refractivity contribution in [1.29, 1.82) is 0 Å². The number of benzene rings is 4. The molecular weight excluding hydrogens is 506 g/mol. The summed E-state index contributed by atoms with van der Waals surface area (Å²) in [6, 6.07) is 22.0. The lowest BCUT2D eigenvalue weighted by Gasteiger charge is -2.15. The van der Waals surface area contributed by atoms with Gasteiger partial charge in [0.15, 0.2) is 12.4 Å². The first-order valence-corrected chi connectivity index (χ1v) is 12.8. The van der Waals surface area contributed by atoms with Crippen LogP contribution in [0.1, 0.15) is 63.7 Å². The molecule has 0 atom stereocenters. The molecular formula is C33H27NO6. The Kier molecular flexibility index (Phi) is 7.05. The number of carbonyl (C=O) groups is 4. The molecule has 0 spiro atoms. The SMILES string of the molecule is Cc1ccc(C(=O)COC(=O)c2ccc3c(c2)C(=O)N(c2ccc(Oc4c(C)cccc4C)cc2)C3=O)cc1C. The Morgan fingerprint density at radius 1 is 0.675 bits per heavy atom. The van der Waals surface area contributed by atoms with Crippen molar-refractivity contribution >= 4 is 29.3 Å². The largest absolute Gasteiger partial charge is 0.457 e. The van der Waals surface area contributed by atoms with Gasteiger partial charge in [0.1, 0.15) is 11.5 Å². The second-order valence-electron chi connectivity index (χ2n) is 9.82. The lowest BCUT2D eigenvalue weighted by atomic mass is 10.0. The molecule has 0 aliphatic carbocycles. The Hall–Kier alpha value is -5.04. The van der Waals surface area contributed by atoms with Crippen LogP contribution in [0, 0.1) is 27.7 Å². The van der Waals surface area contributed by atoms with E-state index < -0.39 is 24.4 Å². The molecule has 0 saturated heterocycles. The highest BCUT2D eigenvalue weighted by atomic mass is 16.5. The van der Waals surface area contributed by atoms with Crippen molar-refractivity contribution in [3.63, 3.8) is 0 Å². The zero-order chi connectivity index (χ0) is 28.6. The lowest BCUT2D eigenvalue weighted by Crippen LogP contribution is -2.29. The van der Waals surface area contributed by atoms with Gasteiger partial charge >= 0.3 is 5.97 Å². The van der Waals surface area contributed by atoms with Gasteiger partial charge in [0.25, 0.3) is 11.8 Å². The van der Waals surface area contributed by atoms with Gasteiger partial charge < -0.3 is 9.47 Å². The van der Waals surface area contributed by atoms with Crippen LogP contribution < -0.4 is 9.64 Å². The van der Waals surface area contributed by atoms with Crippen LogP contribution in [0.2, 0.25) is 0 Å². The van der Waals surface area contributed by atoms with Crippen molar-refractivity contribution in [1.82, 2.24) is 0 Å². The zero-order valence-corrected chi connectivity index (χ0v) is 22.6. The van der Waals surface area contributed by atoms with Crippen LogP contribution in [0.25, 0.3) is 0 Å². The van der Waals surface area contributed by atoms with E-state index in [1.165, 1.54) is 18.2 Å². The summed E-state index contributed by atoms with van der Waals surface area (Å²) in [5.74, 6) is -0.812. The number of hydrogen-bond donors (Lipinski definition) is 0. The topological polar surface area (TPSA) is 90.0 Å².